The second kappa shape index (κ2) is 4.73. The summed E-state index contributed by atoms with van der Waals surface area (Å²) in [5.41, 5.74) is 2.51. The second-order valence-electron chi connectivity index (χ2n) is 4.87. The molecule has 0 bridgehead atoms. The zero-order valence-corrected chi connectivity index (χ0v) is 11.0. The predicted octanol–water partition coefficient (Wildman–Crippen LogP) is 3.47. The van der Waals surface area contributed by atoms with Crippen LogP contribution in [0.15, 0.2) is 24.5 Å². The highest BCUT2D eigenvalue weighted by molar-refractivity contribution is 7.99. The molecule has 1 aliphatic heterocycles. The van der Waals surface area contributed by atoms with Crippen molar-refractivity contribution < 1.29 is 0 Å². The first kappa shape index (κ1) is 11.1. The van der Waals surface area contributed by atoms with Gasteiger partial charge in [0.25, 0.3) is 0 Å². The molecule has 3 heteroatoms. The number of nitrogens with zero attached hydrogens (tertiary/aromatic N) is 2. The number of rotatable bonds is 2. The van der Waals surface area contributed by atoms with Gasteiger partial charge in [0.05, 0.1) is 11.7 Å². The molecule has 0 amide bonds. The third-order valence-electron chi connectivity index (χ3n) is 3.44. The molecule has 1 atom stereocenters. The predicted molar refractivity (Wildman–Crippen MR) is 73.7 cm³/mol. The summed E-state index contributed by atoms with van der Waals surface area (Å²) in [5, 5.41) is 0.773. The largest absolute Gasteiger partial charge is 0.303 e. The van der Waals surface area contributed by atoms with Crippen molar-refractivity contribution in [1.29, 1.82) is 0 Å². The van der Waals surface area contributed by atoms with Gasteiger partial charge in [-0.25, -0.2) is 4.98 Å². The van der Waals surface area contributed by atoms with Crippen molar-refractivity contribution in [2.24, 2.45) is 0 Å². The Kier molecular flexibility index (Phi) is 3.10. The second-order valence-corrected chi connectivity index (χ2v) is 6.28. The summed E-state index contributed by atoms with van der Waals surface area (Å²) in [6.07, 6.45) is 9.43. The van der Waals surface area contributed by atoms with E-state index in [-0.39, 0.29) is 0 Å². The molecule has 3 heterocycles. The molecule has 2 nitrogen and oxygen atoms in total. The number of aryl methyl sites for hydroxylation is 1. The maximum absolute atomic E-state index is 4.58. The van der Waals surface area contributed by atoms with E-state index >= 15 is 0 Å². The average Bonchev–Trinajstić information content (AvgIpc) is 2.73. The van der Waals surface area contributed by atoms with Crippen LogP contribution in [0, 0.1) is 6.92 Å². The van der Waals surface area contributed by atoms with Crippen LogP contribution in [0.4, 0.5) is 0 Å². The Balaban J connectivity index is 1.86. The molecule has 1 unspecified atom stereocenters. The van der Waals surface area contributed by atoms with Gasteiger partial charge in [0.2, 0.25) is 0 Å². The van der Waals surface area contributed by atoms with Crippen molar-refractivity contribution in [1.82, 2.24) is 9.38 Å². The number of pyridine rings is 1. The number of thioether (sulfide) groups is 1. The average molecular weight is 246 g/mol. The molecule has 1 fully saturated rings. The van der Waals surface area contributed by atoms with Crippen molar-refractivity contribution in [3.8, 4) is 0 Å². The standard InChI is InChI=1S/C14H18N2S/c1-11-5-6-12-9-15-14(16(12)10-11)8-13-4-2-3-7-17-13/h5-6,9-10,13H,2-4,7-8H2,1H3. The molecule has 3 rings (SSSR count). The molecule has 0 N–H and O–H groups in total. The van der Waals surface area contributed by atoms with Crippen LogP contribution < -0.4 is 0 Å². The number of fused-ring (bicyclic) bond motifs is 1. The van der Waals surface area contributed by atoms with E-state index < -0.39 is 0 Å². The highest BCUT2D eigenvalue weighted by atomic mass is 32.2. The van der Waals surface area contributed by atoms with E-state index in [4.69, 9.17) is 0 Å². The summed E-state index contributed by atoms with van der Waals surface area (Å²) in [6, 6.07) is 4.30. The molecule has 2 aromatic rings. The molecule has 0 saturated carbocycles. The van der Waals surface area contributed by atoms with Gasteiger partial charge in [0.15, 0.2) is 0 Å². The monoisotopic (exact) mass is 246 g/mol. The zero-order valence-electron chi connectivity index (χ0n) is 10.2. The Morgan fingerprint density at radius 1 is 1.41 bits per heavy atom. The SMILES string of the molecule is Cc1ccc2cnc(CC3CCCCS3)n2c1. The molecule has 17 heavy (non-hydrogen) atoms. The highest BCUT2D eigenvalue weighted by Crippen LogP contribution is 2.27. The highest BCUT2D eigenvalue weighted by Gasteiger charge is 2.16. The molecule has 2 aromatic heterocycles. The van der Waals surface area contributed by atoms with E-state index in [0.717, 1.165) is 11.7 Å². The van der Waals surface area contributed by atoms with Crippen molar-refractivity contribution >= 4 is 17.3 Å². The fourth-order valence-corrected chi connectivity index (χ4v) is 3.78. The van der Waals surface area contributed by atoms with E-state index in [0.29, 0.717) is 0 Å². The van der Waals surface area contributed by atoms with Crippen LogP contribution in [0.25, 0.3) is 5.52 Å². The van der Waals surface area contributed by atoms with E-state index in [1.807, 2.05) is 6.20 Å². The third kappa shape index (κ3) is 2.34. The number of aromatic nitrogens is 2. The summed E-state index contributed by atoms with van der Waals surface area (Å²) in [6.45, 7) is 2.14. The van der Waals surface area contributed by atoms with Gasteiger partial charge in [-0.05, 0) is 37.1 Å². The Hall–Kier alpha value is -0.960. The van der Waals surface area contributed by atoms with Crippen molar-refractivity contribution in [3.05, 3.63) is 35.9 Å². The van der Waals surface area contributed by atoms with E-state index in [1.54, 1.807) is 0 Å². The summed E-state index contributed by atoms with van der Waals surface area (Å²) >= 11 is 2.12. The summed E-state index contributed by atoms with van der Waals surface area (Å²) in [4.78, 5) is 4.58. The van der Waals surface area contributed by atoms with Crippen LogP contribution in [0.3, 0.4) is 0 Å². The lowest BCUT2D eigenvalue weighted by Gasteiger charge is -2.20. The molecule has 1 saturated heterocycles. The van der Waals surface area contributed by atoms with Crippen LogP contribution in [-0.4, -0.2) is 20.4 Å². The number of hydrogen-bond acceptors (Lipinski definition) is 2. The topological polar surface area (TPSA) is 17.3 Å². The fraction of sp³-hybridized carbons (Fsp3) is 0.500. The minimum Gasteiger partial charge on any atom is -0.303 e. The minimum absolute atomic E-state index is 0.773. The maximum Gasteiger partial charge on any atom is 0.114 e. The zero-order chi connectivity index (χ0) is 11.7. The van der Waals surface area contributed by atoms with Crippen molar-refractivity contribution in [2.45, 2.75) is 37.9 Å². The van der Waals surface area contributed by atoms with Gasteiger partial charge in [-0.15, -0.1) is 0 Å². The molecular formula is C14H18N2S. The molecule has 0 aromatic carbocycles. The number of imidazole rings is 1. The first-order valence-corrected chi connectivity index (χ1v) is 7.42. The van der Waals surface area contributed by atoms with Gasteiger partial charge in [0, 0.05) is 17.9 Å². The lowest BCUT2D eigenvalue weighted by Crippen LogP contribution is -2.14. The molecule has 0 aliphatic carbocycles. The van der Waals surface area contributed by atoms with Crippen LogP contribution >= 0.6 is 11.8 Å². The van der Waals surface area contributed by atoms with Crippen LogP contribution in [0.2, 0.25) is 0 Å². The van der Waals surface area contributed by atoms with Crippen molar-refractivity contribution in [3.63, 3.8) is 0 Å². The molecule has 0 spiro atoms. The normalized spacial score (nSPS) is 20.9. The Bertz CT molecular complexity index is 512. The Morgan fingerprint density at radius 3 is 3.18 bits per heavy atom. The van der Waals surface area contributed by atoms with Crippen LogP contribution in [0.5, 0.6) is 0 Å². The Labute approximate surface area is 106 Å². The molecule has 90 valence electrons. The Morgan fingerprint density at radius 2 is 2.35 bits per heavy atom. The van der Waals surface area contributed by atoms with Gasteiger partial charge >= 0.3 is 0 Å². The maximum atomic E-state index is 4.58. The van der Waals surface area contributed by atoms with Gasteiger partial charge in [-0.3, -0.25) is 0 Å². The molecule has 0 radical (unpaired) electrons. The van der Waals surface area contributed by atoms with Gasteiger partial charge in [-0.2, -0.15) is 11.8 Å². The van der Waals surface area contributed by atoms with Crippen LogP contribution in [-0.2, 0) is 6.42 Å². The van der Waals surface area contributed by atoms with E-state index in [9.17, 15) is 0 Å². The fourth-order valence-electron chi connectivity index (χ4n) is 2.47. The lowest BCUT2D eigenvalue weighted by molar-refractivity contribution is 0.646. The lowest BCUT2D eigenvalue weighted by atomic mass is 10.1. The first-order chi connectivity index (χ1) is 8.33. The van der Waals surface area contributed by atoms with Gasteiger partial charge in [-0.1, -0.05) is 12.5 Å². The van der Waals surface area contributed by atoms with E-state index in [1.165, 1.54) is 41.9 Å². The smallest absolute Gasteiger partial charge is 0.114 e. The third-order valence-corrected chi connectivity index (χ3v) is 4.83. The van der Waals surface area contributed by atoms with Crippen LogP contribution in [0.1, 0.15) is 30.7 Å². The molecule has 1 aliphatic rings. The van der Waals surface area contributed by atoms with Gasteiger partial charge in [0.1, 0.15) is 5.82 Å². The number of hydrogen-bond donors (Lipinski definition) is 0. The summed E-state index contributed by atoms with van der Waals surface area (Å²) in [5.74, 6) is 2.55. The minimum atomic E-state index is 0.773. The van der Waals surface area contributed by atoms with E-state index in [2.05, 4.69) is 46.4 Å². The quantitative estimate of drug-likeness (QED) is 0.807. The summed E-state index contributed by atoms with van der Waals surface area (Å²) < 4.78 is 2.25. The molecular weight excluding hydrogens is 228 g/mol. The van der Waals surface area contributed by atoms with Gasteiger partial charge < -0.3 is 4.40 Å². The first-order valence-electron chi connectivity index (χ1n) is 6.37. The van der Waals surface area contributed by atoms with Crippen molar-refractivity contribution in [2.75, 3.05) is 5.75 Å². The summed E-state index contributed by atoms with van der Waals surface area (Å²) in [7, 11) is 0.